The van der Waals surface area contributed by atoms with Gasteiger partial charge in [0, 0.05) is 19.0 Å². The quantitative estimate of drug-likeness (QED) is 0.754. The van der Waals surface area contributed by atoms with E-state index in [0.717, 1.165) is 0 Å². The molecule has 25 heavy (non-hydrogen) atoms. The third-order valence-electron chi connectivity index (χ3n) is 3.78. The number of anilines is 1. The van der Waals surface area contributed by atoms with E-state index in [4.69, 9.17) is 4.74 Å². The number of aromatic amines is 1. The SMILES string of the molecule is CC(C)(C)OC(=O)N1C[C@@H](Nc2ncnc3nc[nH]c23)C[C@H]1C(=O)O. The second-order valence-corrected chi connectivity index (χ2v) is 6.89. The van der Waals surface area contributed by atoms with Gasteiger partial charge in [0.25, 0.3) is 0 Å². The molecular formula is C15H20N6O4. The van der Waals surface area contributed by atoms with Crippen LogP contribution in [0.4, 0.5) is 10.6 Å². The predicted octanol–water partition coefficient (Wildman–Crippen LogP) is 1.23. The molecule has 3 heterocycles. The molecule has 0 unspecified atom stereocenters. The highest BCUT2D eigenvalue weighted by Gasteiger charge is 2.41. The number of hydrogen-bond acceptors (Lipinski definition) is 7. The number of H-pyrrole nitrogens is 1. The largest absolute Gasteiger partial charge is 0.480 e. The Hall–Kier alpha value is -2.91. The smallest absolute Gasteiger partial charge is 0.411 e. The van der Waals surface area contributed by atoms with Crippen molar-refractivity contribution < 1.29 is 19.4 Å². The standard InChI is InChI=1S/C15H20N6O4/c1-15(2,3)25-14(24)21-5-8(4-9(21)13(22)23)20-12-10-11(17-6-16-10)18-7-19-12/h6-9H,4-5H2,1-3H3,(H,22,23)(H2,16,17,18,19,20)/t8-,9-/m0/s1. The molecule has 1 amide bonds. The predicted molar refractivity (Wildman–Crippen MR) is 88.1 cm³/mol. The van der Waals surface area contributed by atoms with E-state index in [1.54, 1.807) is 20.8 Å². The maximum absolute atomic E-state index is 12.3. The summed E-state index contributed by atoms with van der Waals surface area (Å²) in [6.07, 6.45) is 2.49. The lowest BCUT2D eigenvalue weighted by atomic mass is 10.1. The van der Waals surface area contributed by atoms with Gasteiger partial charge in [-0.05, 0) is 20.8 Å². The highest BCUT2D eigenvalue weighted by molar-refractivity contribution is 5.83. The number of aromatic nitrogens is 4. The number of hydrogen-bond donors (Lipinski definition) is 3. The van der Waals surface area contributed by atoms with Crippen molar-refractivity contribution in [2.75, 3.05) is 11.9 Å². The van der Waals surface area contributed by atoms with E-state index < -0.39 is 23.7 Å². The van der Waals surface area contributed by atoms with Crippen LogP contribution in [0.1, 0.15) is 27.2 Å². The molecule has 0 spiro atoms. The average molecular weight is 348 g/mol. The van der Waals surface area contributed by atoms with E-state index >= 15 is 0 Å². The van der Waals surface area contributed by atoms with Gasteiger partial charge in [0.2, 0.25) is 0 Å². The van der Waals surface area contributed by atoms with E-state index in [1.165, 1.54) is 17.6 Å². The van der Waals surface area contributed by atoms with Crippen molar-refractivity contribution >= 4 is 29.0 Å². The molecule has 1 aliphatic heterocycles. The van der Waals surface area contributed by atoms with Gasteiger partial charge in [-0.1, -0.05) is 0 Å². The molecule has 1 saturated heterocycles. The number of nitrogens with one attached hydrogen (secondary N) is 2. The number of aliphatic carboxylic acids is 1. The zero-order valence-electron chi connectivity index (χ0n) is 14.2. The molecule has 0 radical (unpaired) electrons. The lowest BCUT2D eigenvalue weighted by molar-refractivity contribution is -0.142. The Balaban J connectivity index is 1.77. The molecule has 3 rings (SSSR count). The van der Waals surface area contributed by atoms with Crippen LogP contribution in [-0.4, -0.2) is 66.2 Å². The number of carboxylic acids is 1. The number of carboxylic acid groups (broad SMARTS) is 1. The normalized spacial score (nSPS) is 20.7. The molecule has 0 aliphatic carbocycles. The third-order valence-corrected chi connectivity index (χ3v) is 3.78. The highest BCUT2D eigenvalue weighted by atomic mass is 16.6. The summed E-state index contributed by atoms with van der Waals surface area (Å²) in [5, 5.41) is 12.6. The summed E-state index contributed by atoms with van der Waals surface area (Å²) in [4.78, 5) is 40.3. The van der Waals surface area contributed by atoms with Gasteiger partial charge in [0.15, 0.2) is 11.5 Å². The first-order valence-electron chi connectivity index (χ1n) is 7.87. The number of amides is 1. The van der Waals surface area contributed by atoms with Crippen LogP contribution < -0.4 is 5.32 Å². The molecule has 2 atom stereocenters. The summed E-state index contributed by atoms with van der Waals surface area (Å²) in [7, 11) is 0. The van der Waals surface area contributed by atoms with Crippen LogP contribution in [0.5, 0.6) is 0 Å². The second kappa shape index (κ2) is 6.19. The fourth-order valence-corrected chi connectivity index (χ4v) is 2.76. The summed E-state index contributed by atoms with van der Waals surface area (Å²) in [5.41, 5.74) is 0.444. The Labute approximate surface area is 143 Å². The van der Waals surface area contributed by atoms with Crippen molar-refractivity contribution in [3.63, 3.8) is 0 Å². The maximum Gasteiger partial charge on any atom is 0.411 e. The van der Waals surface area contributed by atoms with Crippen molar-refractivity contribution in [2.45, 2.75) is 44.9 Å². The monoisotopic (exact) mass is 348 g/mol. The summed E-state index contributed by atoms with van der Waals surface area (Å²) >= 11 is 0. The second-order valence-electron chi connectivity index (χ2n) is 6.89. The number of imidazole rings is 1. The van der Waals surface area contributed by atoms with Crippen LogP contribution in [0, 0.1) is 0 Å². The Kier molecular flexibility index (Phi) is 4.19. The van der Waals surface area contributed by atoms with E-state index in [-0.39, 0.29) is 19.0 Å². The number of likely N-dealkylation sites (tertiary alicyclic amines) is 1. The minimum Gasteiger partial charge on any atom is -0.480 e. The fourth-order valence-electron chi connectivity index (χ4n) is 2.76. The third kappa shape index (κ3) is 3.62. The van der Waals surface area contributed by atoms with Crippen LogP contribution in [0.15, 0.2) is 12.7 Å². The first-order valence-corrected chi connectivity index (χ1v) is 7.87. The van der Waals surface area contributed by atoms with Crippen molar-refractivity contribution in [3.05, 3.63) is 12.7 Å². The number of carbonyl (C=O) groups is 2. The first-order chi connectivity index (χ1) is 11.7. The van der Waals surface area contributed by atoms with E-state index in [1.807, 2.05) is 0 Å². The van der Waals surface area contributed by atoms with Gasteiger partial charge in [0.1, 0.15) is 23.5 Å². The van der Waals surface area contributed by atoms with Gasteiger partial charge in [-0.15, -0.1) is 0 Å². The molecule has 2 aromatic rings. The molecule has 10 heteroatoms. The van der Waals surface area contributed by atoms with Crippen LogP contribution >= 0.6 is 0 Å². The lowest BCUT2D eigenvalue weighted by Gasteiger charge is -2.26. The molecule has 1 fully saturated rings. The molecule has 3 N–H and O–H groups in total. The zero-order chi connectivity index (χ0) is 18.2. The molecule has 10 nitrogen and oxygen atoms in total. The summed E-state index contributed by atoms with van der Waals surface area (Å²) in [6, 6.07) is -1.23. The van der Waals surface area contributed by atoms with Crippen molar-refractivity contribution in [1.29, 1.82) is 0 Å². The number of fused-ring (bicyclic) bond motifs is 1. The van der Waals surface area contributed by atoms with Crippen molar-refractivity contribution in [3.8, 4) is 0 Å². The van der Waals surface area contributed by atoms with E-state index in [9.17, 15) is 14.7 Å². The van der Waals surface area contributed by atoms with Crippen LogP contribution in [0.25, 0.3) is 11.2 Å². The Morgan fingerprint density at radius 3 is 2.80 bits per heavy atom. The summed E-state index contributed by atoms with van der Waals surface area (Å²) in [6.45, 7) is 5.42. The number of rotatable bonds is 3. The number of nitrogens with zero attached hydrogens (tertiary/aromatic N) is 4. The number of carbonyl (C=O) groups excluding carboxylic acids is 1. The maximum atomic E-state index is 12.3. The van der Waals surface area contributed by atoms with E-state index in [2.05, 4.69) is 25.3 Å². The van der Waals surface area contributed by atoms with Crippen molar-refractivity contribution in [1.82, 2.24) is 24.8 Å². The Morgan fingerprint density at radius 1 is 1.36 bits per heavy atom. The molecule has 1 aliphatic rings. The van der Waals surface area contributed by atoms with Gasteiger partial charge in [-0.25, -0.2) is 24.5 Å². The van der Waals surface area contributed by atoms with Gasteiger partial charge in [-0.3, -0.25) is 4.90 Å². The minimum atomic E-state index is -1.07. The summed E-state index contributed by atoms with van der Waals surface area (Å²) < 4.78 is 5.31. The van der Waals surface area contributed by atoms with Crippen LogP contribution in [-0.2, 0) is 9.53 Å². The lowest BCUT2D eigenvalue weighted by Crippen LogP contribution is -2.43. The number of ether oxygens (including phenoxy) is 1. The molecular weight excluding hydrogens is 328 g/mol. The summed E-state index contributed by atoms with van der Waals surface area (Å²) in [5.74, 6) is -0.549. The molecule has 134 valence electrons. The topological polar surface area (TPSA) is 133 Å². The molecule has 0 aromatic carbocycles. The Bertz CT molecular complexity index is 799. The molecule has 0 saturated carbocycles. The van der Waals surface area contributed by atoms with Crippen LogP contribution in [0.2, 0.25) is 0 Å². The Morgan fingerprint density at radius 2 is 2.12 bits per heavy atom. The highest BCUT2D eigenvalue weighted by Crippen LogP contribution is 2.25. The zero-order valence-corrected chi connectivity index (χ0v) is 14.2. The first kappa shape index (κ1) is 16.9. The average Bonchev–Trinajstić information content (AvgIpc) is 3.12. The van der Waals surface area contributed by atoms with Crippen molar-refractivity contribution in [2.24, 2.45) is 0 Å². The van der Waals surface area contributed by atoms with Gasteiger partial charge < -0.3 is 20.1 Å². The fraction of sp³-hybridized carbons (Fsp3) is 0.533. The van der Waals surface area contributed by atoms with Crippen LogP contribution in [0.3, 0.4) is 0 Å². The molecule has 0 bridgehead atoms. The van der Waals surface area contributed by atoms with E-state index in [0.29, 0.717) is 17.0 Å². The van der Waals surface area contributed by atoms with Gasteiger partial charge >= 0.3 is 12.1 Å². The van der Waals surface area contributed by atoms with Gasteiger partial charge in [-0.2, -0.15) is 0 Å². The van der Waals surface area contributed by atoms with Gasteiger partial charge in [0.05, 0.1) is 6.33 Å². The molecule has 2 aromatic heterocycles. The minimum absolute atomic E-state index is 0.200.